The Morgan fingerprint density at radius 1 is 1.26 bits per heavy atom. The molecule has 4 rings (SSSR count). The summed E-state index contributed by atoms with van der Waals surface area (Å²) in [6.07, 6.45) is 4.02. The number of carbonyl (C=O) groups is 1. The Balaban J connectivity index is 1.56. The summed E-state index contributed by atoms with van der Waals surface area (Å²) in [6, 6.07) is 0. The van der Waals surface area contributed by atoms with Gasteiger partial charge in [0.15, 0.2) is 5.82 Å². The highest BCUT2D eigenvalue weighted by Gasteiger charge is 2.46. The van der Waals surface area contributed by atoms with Crippen molar-refractivity contribution in [2.24, 2.45) is 11.8 Å². The second kappa shape index (κ2) is 6.01. The minimum atomic E-state index is -0.473. The van der Waals surface area contributed by atoms with E-state index in [1.807, 2.05) is 4.90 Å². The molecule has 3 saturated heterocycles. The van der Waals surface area contributed by atoms with Crippen LogP contribution in [-0.2, 0) is 14.4 Å². The van der Waals surface area contributed by atoms with Gasteiger partial charge in [0.25, 0.3) is 5.91 Å². The number of piperidine rings is 1. The summed E-state index contributed by atoms with van der Waals surface area (Å²) in [7, 11) is 0. The molecule has 124 valence electrons. The summed E-state index contributed by atoms with van der Waals surface area (Å²) < 4.78 is 18.8. The number of fused-ring (bicyclic) bond motifs is 1. The lowest BCUT2D eigenvalue weighted by atomic mass is 9.82. The quantitative estimate of drug-likeness (QED) is 0.795. The molecule has 23 heavy (non-hydrogen) atoms. The smallest absolute Gasteiger partial charge is 0.251 e. The molecule has 3 fully saturated rings. The minimum absolute atomic E-state index is 0.00908. The SMILES string of the molecule is O=C([C@@H]1CN(c2ncc(F)cn2)C[C@@H]2OCC[C@@H]21)N1CCCO1. The Morgan fingerprint density at radius 2 is 2.09 bits per heavy atom. The summed E-state index contributed by atoms with van der Waals surface area (Å²) in [4.78, 5) is 28.2. The van der Waals surface area contributed by atoms with Gasteiger partial charge in [-0.1, -0.05) is 0 Å². The zero-order valence-corrected chi connectivity index (χ0v) is 12.7. The zero-order chi connectivity index (χ0) is 15.8. The van der Waals surface area contributed by atoms with Crippen molar-refractivity contribution >= 4 is 11.9 Å². The summed E-state index contributed by atoms with van der Waals surface area (Å²) in [5.41, 5.74) is 0. The van der Waals surface area contributed by atoms with Gasteiger partial charge in [-0.25, -0.2) is 19.4 Å². The third-order valence-electron chi connectivity index (χ3n) is 4.80. The molecule has 0 saturated carbocycles. The molecule has 8 heteroatoms. The molecule has 1 amide bonds. The zero-order valence-electron chi connectivity index (χ0n) is 12.7. The van der Waals surface area contributed by atoms with Gasteiger partial charge in [0.2, 0.25) is 5.95 Å². The van der Waals surface area contributed by atoms with Crippen LogP contribution >= 0.6 is 0 Å². The number of hydrogen-bond acceptors (Lipinski definition) is 6. The van der Waals surface area contributed by atoms with Gasteiger partial charge in [0, 0.05) is 25.6 Å². The molecule has 0 aliphatic carbocycles. The lowest BCUT2D eigenvalue weighted by Gasteiger charge is -2.40. The minimum Gasteiger partial charge on any atom is -0.376 e. The number of nitrogens with zero attached hydrogens (tertiary/aromatic N) is 4. The van der Waals surface area contributed by atoms with E-state index in [1.54, 1.807) is 0 Å². The summed E-state index contributed by atoms with van der Waals surface area (Å²) in [6.45, 7) is 3.03. The van der Waals surface area contributed by atoms with Gasteiger partial charge < -0.3 is 9.64 Å². The summed E-state index contributed by atoms with van der Waals surface area (Å²) in [5, 5.41) is 1.48. The van der Waals surface area contributed by atoms with E-state index in [4.69, 9.17) is 9.57 Å². The van der Waals surface area contributed by atoms with Crippen LogP contribution in [0, 0.1) is 17.7 Å². The number of hydrogen-bond donors (Lipinski definition) is 0. The normalized spacial score (nSPS) is 30.6. The number of amides is 1. The van der Waals surface area contributed by atoms with Crippen LogP contribution in [-0.4, -0.2) is 59.9 Å². The van der Waals surface area contributed by atoms with Gasteiger partial charge >= 0.3 is 0 Å². The molecule has 7 nitrogen and oxygen atoms in total. The molecule has 0 unspecified atom stereocenters. The van der Waals surface area contributed by atoms with E-state index < -0.39 is 5.82 Å². The molecule has 0 N–H and O–H groups in total. The molecular formula is C15H19FN4O3. The van der Waals surface area contributed by atoms with Crippen LogP contribution in [0.1, 0.15) is 12.8 Å². The van der Waals surface area contributed by atoms with Crippen LogP contribution in [0.5, 0.6) is 0 Å². The Morgan fingerprint density at radius 3 is 2.83 bits per heavy atom. The molecule has 0 spiro atoms. The first-order valence-electron chi connectivity index (χ1n) is 8.01. The highest BCUT2D eigenvalue weighted by atomic mass is 19.1. The van der Waals surface area contributed by atoms with Crippen LogP contribution in [0.15, 0.2) is 12.4 Å². The molecule has 3 aliphatic rings. The van der Waals surface area contributed by atoms with Gasteiger partial charge in [0.05, 0.1) is 37.6 Å². The van der Waals surface area contributed by atoms with Crippen LogP contribution in [0.3, 0.4) is 0 Å². The van der Waals surface area contributed by atoms with Crippen molar-refractivity contribution in [1.82, 2.24) is 15.0 Å². The van der Waals surface area contributed by atoms with Gasteiger partial charge in [0.1, 0.15) is 0 Å². The van der Waals surface area contributed by atoms with Crippen molar-refractivity contribution in [3.8, 4) is 0 Å². The molecule has 3 aliphatic heterocycles. The standard InChI is InChI=1S/C15H19FN4O3/c16-10-6-17-15(18-7-10)19-8-12(11-2-5-22-13(11)9-19)14(21)20-3-1-4-23-20/h6-7,11-13H,1-5,8-9H2/t11-,12-,13+/m1/s1. The van der Waals surface area contributed by atoms with Gasteiger partial charge in [-0.05, 0) is 12.8 Å². The summed E-state index contributed by atoms with van der Waals surface area (Å²) >= 11 is 0. The van der Waals surface area contributed by atoms with Crippen molar-refractivity contribution in [3.05, 3.63) is 18.2 Å². The number of carbonyl (C=O) groups excluding carboxylic acids is 1. The lowest BCUT2D eigenvalue weighted by molar-refractivity contribution is -0.176. The van der Waals surface area contributed by atoms with Crippen LogP contribution in [0.25, 0.3) is 0 Å². The third kappa shape index (κ3) is 2.76. The van der Waals surface area contributed by atoms with Crippen molar-refractivity contribution in [2.45, 2.75) is 18.9 Å². The van der Waals surface area contributed by atoms with E-state index in [9.17, 15) is 9.18 Å². The van der Waals surface area contributed by atoms with E-state index in [-0.39, 0.29) is 23.8 Å². The predicted octanol–water partition coefficient (Wildman–Crippen LogP) is 0.621. The van der Waals surface area contributed by atoms with Crippen molar-refractivity contribution in [2.75, 3.05) is 37.7 Å². The van der Waals surface area contributed by atoms with Crippen LogP contribution < -0.4 is 4.90 Å². The Kier molecular flexibility index (Phi) is 3.86. The fraction of sp³-hybridized carbons (Fsp3) is 0.667. The molecule has 1 aromatic rings. The van der Waals surface area contributed by atoms with Crippen LogP contribution in [0.2, 0.25) is 0 Å². The second-order valence-electron chi connectivity index (χ2n) is 6.20. The molecular weight excluding hydrogens is 303 g/mol. The Bertz CT molecular complexity index is 579. The Hall–Kier alpha value is -1.80. The topological polar surface area (TPSA) is 67.8 Å². The van der Waals surface area contributed by atoms with Crippen molar-refractivity contribution in [3.63, 3.8) is 0 Å². The van der Waals surface area contributed by atoms with Gasteiger partial charge in [-0.15, -0.1) is 0 Å². The number of anilines is 1. The molecule has 0 aromatic carbocycles. The third-order valence-corrected chi connectivity index (χ3v) is 4.80. The molecule has 0 bridgehead atoms. The number of hydroxylamine groups is 2. The highest BCUT2D eigenvalue weighted by Crippen LogP contribution is 2.36. The van der Waals surface area contributed by atoms with E-state index in [0.717, 1.165) is 25.2 Å². The first kappa shape index (κ1) is 14.8. The number of rotatable bonds is 2. The molecule has 1 aromatic heterocycles. The predicted molar refractivity (Wildman–Crippen MR) is 77.8 cm³/mol. The Labute approximate surface area is 133 Å². The van der Waals surface area contributed by atoms with Crippen molar-refractivity contribution < 1.29 is 18.8 Å². The first-order chi connectivity index (χ1) is 11.2. The maximum Gasteiger partial charge on any atom is 0.251 e. The summed E-state index contributed by atoms with van der Waals surface area (Å²) in [5.74, 6) is -0.0412. The average Bonchev–Trinajstić information content (AvgIpc) is 3.25. The number of halogens is 1. The first-order valence-corrected chi connectivity index (χ1v) is 8.01. The number of aromatic nitrogens is 2. The van der Waals surface area contributed by atoms with E-state index >= 15 is 0 Å². The molecule has 3 atom stereocenters. The maximum absolute atomic E-state index is 13.0. The van der Waals surface area contributed by atoms with E-state index in [2.05, 4.69) is 9.97 Å². The fourth-order valence-corrected chi connectivity index (χ4v) is 3.68. The fourth-order valence-electron chi connectivity index (χ4n) is 3.68. The maximum atomic E-state index is 13.0. The van der Waals surface area contributed by atoms with Crippen molar-refractivity contribution in [1.29, 1.82) is 0 Å². The monoisotopic (exact) mass is 322 g/mol. The van der Waals surface area contributed by atoms with E-state index in [0.29, 0.717) is 38.8 Å². The van der Waals surface area contributed by atoms with Gasteiger partial charge in [-0.3, -0.25) is 9.63 Å². The second-order valence-corrected chi connectivity index (χ2v) is 6.20. The van der Waals surface area contributed by atoms with Crippen LogP contribution in [0.4, 0.5) is 10.3 Å². The highest BCUT2D eigenvalue weighted by molar-refractivity contribution is 5.79. The molecule has 4 heterocycles. The largest absolute Gasteiger partial charge is 0.376 e. The van der Waals surface area contributed by atoms with E-state index in [1.165, 1.54) is 5.06 Å². The number of ether oxygens (including phenoxy) is 1. The lowest BCUT2D eigenvalue weighted by Crippen LogP contribution is -2.53. The van der Waals surface area contributed by atoms with Gasteiger partial charge in [-0.2, -0.15) is 0 Å². The average molecular weight is 322 g/mol. The molecule has 0 radical (unpaired) electrons.